The summed E-state index contributed by atoms with van der Waals surface area (Å²) in [5, 5.41) is 3.10. The Labute approximate surface area is 104 Å². The maximum absolute atomic E-state index is 11.5. The van der Waals surface area contributed by atoms with E-state index in [2.05, 4.69) is 15.3 Å². The molecule has 86 valence electrons. The molecular weight excluding hydrogens is 238 g/mol. The van der Waals surface area contributed by atoms with E-state index in [0.717, 1.165) is 11.1 Å². The fourth-order valence-corrected chi connectivity index (χ4v) is 1.61. The van der Waals surface area contributed by atoms with E-state index in [4.69, 9.17) is 11.6 Å². The van der Waals surface area contributed by atoms with Gasteiger partial charge < -0.3 is 5.32 Å². The minimum absolute atomic E-state index is 0.172. The molecule has 0 radical (unpaired) electrons. The zero-order valence-electron chi connectivity index (χ0n) is 9.14. The first-order valence-corrected chi connectivity index (χ1v) is 5.36. The molecule has 0 unspecified atom stereocenters. The van der Waals surface area contributed by atoms with E-state index in [1.54, 1.807) is 37.8 Å². The highest BCUT2D eigenvalue weighted by Gasteiger charge is 2.06. The van der Waals surface area contributed by atoms with E-state index in [1.807, 2.05) is 0 Å². The summed E-state index contributed by atoms with van der Waals surface area (Å²) in [7, 11) is 1.58. The van der Waals surface area contributed by atoms with Gasteiger partial charge in [0.25, 0.3) is 5.91 Å². The minimum Gasteiger partial charge on any atom is -0.355 e. The quantitative estimate of drug-likeness (QED) is 0.885. The number of rotatable bonds is 2. The van der Waals surface area contributed by atoms with E-state index in [-0.39, 0.29) is 5.91 Å². The summed E-state index contributed by atoms with van der Waals surface area (Å²) in [4.78, 5) is 19.5. The number of halogens is 1. The summed E-state index contributed by atoms with van der Waals surface area (Å²) in [5.41, 5.74) is 2.14. The Bertz CT molecular complexity index is 557. The van der Waals surface area contributed by atoms with Crippen molar-refractivity contribution in [2.45, 2.75) is 0 Å². The number of carbonyl (C=O) groups excluding carboxylic acids is 1. The summed E-state index contributed by atoms with van der Waals surface area (Å²) >= 11 is 5.86. The van der Waals surface area contributed by atoms with Gasteiger partial charge in [0.1, 0.15) is 0 Å². The highest BCUT2D eigenvalue weighted by atomic mass is 35.5. The van der Waals surface area contributed by atoms with Gasteiger partial charge in [0, 0.05) is 43.0 Å². The molecule has 0 bridgehead atoms. The van der Waals surface area contributed by atoms with Crippen LogP contribution in [0.2, 0.25) is 5.02 Å². The first kappa shape index (κ1) is 11.5. The molecule has 0 aliphatic heterocycles. The zero-order chi connectivity index (χ0) is 12.3. The number of aromatic nitrogens is 2. The van der Waals surface area contributed by atoms with Crippen LogP contribution in [0.15, 0.2) is 36.9 Å². The normalized spacial score (nSPS) is 10.0. The molecule has 0 fully saturated rings. The van der Waals surface area contributed by atoms with E-state index in [1.165, 1.54) is 6.20 Å². The highest BCUT2D eigenvalue weighted by molar-refractivity contribution is 6.30. The Hall–Kier alpha value is -1.94. The van der Waals surface area contributed by atoms with Gasteiger partial charge in [-0.3, -0.25) is 14.8 Å². The summed E-state index contributed by atoms with van der Waals surface area (Å²) < 4.78 is 0. The third-order valence-electron chi connectivity index (χ3n) is 2.27. The standard InChI is InChI=1S/C12H10ClN3O/c1-14-12(17)10-2-8(4-15-6-10)9-3-11(13)7-16-5-9/h2-7H,1H3,(H,14,17). The summed E-state index contributed by atoms with van der Waals surface area (Å²) in [6, 6.07) is 3.53. The van der Waals surface area contributed by atoms with Crippen LogP contribution in [0, 0.1) is 0 Å². The number of nitrogens with one attached hydrogen (secondary N) is 1. The van der Waals surface area contributed by atoms with Gasteiger partial charge >= 0.3 is 0 Å². The van der Waals surface area contributed by atoms with Crippen LogP contribution >= 0.6 is 11.6 Å². The average molecular weight is 248 g/mol. The Morgan fingerprint density at radius 1 is 1.12 bits per heavy atom. The predicted octanol–water partition coefficient (Wildman–Crippen LogP) is 2.16. The molecule has 2 rings (SSSR count). The lowest BCUT2D eigenvalue weighted by Crippen LogP contribution is -2.17. The first-order valence-electron chi connectivity index (χ1n) is 4.99. The number of pyridine rings is 2. The topological polar surface area (TPSA) is 54.9 Å². The van der Waals surface area contributed by atoms with Crippen LogP contribution in [-0.4, -0.2) is 22.9 Å². The van der Waals surface area contributed by atoms with Gasteiger partial charge in [-0.15, -0.1) is 0 Å². The highest BCUT2D eigenvalue weighted by Crippen LogP contribution is 2.21. The molecule has 2 aromatic rings. The van der Waals surface area contributed by atoms with Gasteiger partial charge in [-0.1, -0.05) is 11.6 Å². The van der Waals surface area contributed by atoms with Crippen LogP contribution in [0.4, 0.5) is 0 Å². The molecule has 4 nitrogen and oxygen atoms in total. The van der Waals surface area contributed by atoms with Crippen LogP contribution in [0.1, 0.15) is 10.4 Å². The molecule has 0 saturated heterocycles. The van der Waals surface area contributed by atoms with Gasteiger partial charge in [-0.2, -0.15) is 0 Å². The maximum atomic E-state index is 11.5. The van der Waals surface area contributed by atoms with Crippen LogP contribution in [0.3, 0.4) is 0 Å². The van der Waals surface area contributed by atoms with Gasteiger partial charge in [0.2, 0.25) is 0 Å². The van der Waals surface area contributed by atoms with E-state index in [0.29, 0.717) is 10.6 Å². The van der Waals surface area contributed by atoms with Crippen molar-refractivity contribution in [3.8, 4) is 11.1 Å². The summed E-state index contributed by atoms with van der Waals surface area (Å²) in [5.74, 6) is -0.172. The Kier molecular flexibility index (Phi) is 3.35. The second kappa shape index (κ2) is 4.93. The van der Waals surface area contributed by atoms with Crippen molar-refractivity contribution in [3.05, 3.63) is 47.5 Å². The lowest BCUT2D eigenvalue weighted by Gasteiger charge is -2.04. The molecule has 1 amide bonds. The molecule has 0 spiro atoms. The third-order valence-corrected chi connectivity index (χ3v) is 2.47. The van der Waals surface area contributed by atoms with Crippen molar-refractivity contribution < 1.29 is 4.79 Å². The zero-order valence-corrected chi connectivity index (χ0v) is 9.90. The lowest BCUT2D eigenvalue weighted by molar-refractivity contribution is 0.0963. The lowest BCUT2D eigenvalue weighted by atomic mass is 10.1. The number of carbonyl (C=O) groups is 1. The van der Waals surface area contributed by atoms with E-state index in [9.17, 15) is 4.79 Å². The molecule has 0 aromatic carbocycles. The second-order valence-electron chi connectivity index (χ2n) is 3.43. The molecule has 17 heavy (non-hydrogen) atoms. The molecule has 0 atom stereocenters. The molecule has 1 N–H and O–H groups in total. The summed E-state index contributed by atoms with van der Waals surface area (Å²) in [6.45, 7) is 0. The minimum atomic E-state index is -0.172. The second-order valence-corrected chi connectivity index (χ2v) is 3.87. The average Bonchev–Trinajstić information content (AvgIpc) is 2.38. The number of hydrogen-bond donors (Lipinski definition) is 1. The molecule has 2 heterocycles. The van der Waals surface area contributed by atoms with Crippen LogP contribution in [0.25, 0.3) is 11.1 Å². The van der Waals surface area contributed by atoms with Crippen molar-refractivity contribution in [3.63, 3.8) is 0 Å². The van der Waals surface area contributed by atoms with Gasteiger partial charge in [-0.05, 0) is 12.1 Å². The molecular formula is C12H10ClN3O. The summed E-state index contributed by atoms with van der Waals surface area (Å²) in [6.07, 6.45) is 6.41. The molecule has 5 heteroatoms. The van der Waals surface area contributed by atoms with Crippen LogP contribution < -0.4 is 5.32 Å². The Morgan fingerprint density at radius 2 is 1.76 bits per heavy atom. The van der Waals surface area contributed by atoms with Crippen LogP contribution in [0.5, 0.6) is 0 Å². The van der Waals surface area contributed by atoms with Crippen LogP contribution in [-0.2, 0) is 0 Å². The van der Waals surface area contributed by atoms with Gasteiger partial charge in [0.15, 0.2) is 0 Å². The SMILES string of the molecule is CNC(=O)c1cncc(-c2cncc(Cl)c2)c1. The van der Waals surface area contributed by atoms with Crippen molar-refractivity contribution in [2.24, 2.45) is 0 Å². The molecule has 0 aliphatic rings. The molecule has 2 aromatic heterocycles. The van der Waals surface area contributed by atoms with Crippen molar-refractivity contribution in [2.75, 3.05) is 7.05 Å². The monoisotopic (exact) mass is 247 g/mol. The number of hydrogen-bond acceptors (Lipinski definition) is 3. The van der Waals surface area contributed by atoms with Gasteiger partial charge in [0.05, 0.1) is 10.6 Å². The van der Waals surface area contributed by atoms with Crippen molar-refractivity contribution >= 4 is 17.5 Å². The Morgan fingerprint density at radius 3 is 2.41 bits per heavy atom. The van der Waals surface area contributed by atoms with Gasteiger partial charge in [-0.25, -0.2) is 0 Å². The van der Waals surface area contributed by atoms with Crippen molar-refractivity contribution in [1.29, 1.82) is 0 Å². The smallest absolute Gasteiger partial charge is 0.252 e. The first-order chi connectivity index (χ1) is 8.20. The Balaban J connectivity index is 2.43. The van der Waals surface area contributed by atoms with Crippen molar-refractivity contribution in [1.82, 2.24) is 15.3 Å². The maximum Gasteiger partial charge on any atom is 0.252 e. The number of nitrogens with zero attached hydrogens (tertiary/aromatic N) is 2. The third kappa shape index (κ3) is 2.60. The van der Waals surface area contributed by atoms with E-state index < -0.39 is 0 Å². The molecule has 0 aliphatic carbocycles. The fourth-order valence-electron chi connectivity index (χ4n) is 1.44. The van der Waals surface area contributed by atoms with E-state index >= 15 is 0 Å². The largest absolute Gasteiger partial charge is 0.355 e. The number of amides is 1. The predicted molar refractivity (Wildman–Crippen MR) is 65.9 cm³/mol. The molecule has 0 saturated carbocycles. The fraction of sp³-hybridized carbons (Fsp3) is 0.0833.